The molecular formula is C14H24N2O. The lowest BCUT2D eigenvalue weighted by atomic mass is 10.1. The minimum Gasteiger partial charge on any atom is -0.494 e. The summed E-state index contributed by atoms with van der Waals surface area (Å²) in [6, 6.07) is 8.66. The molecule has 0 fully saturated rings. The Bertz CT molecular complexity index is 298. The van der Waals surface area contributed by atoms with Gasteiger partial charge in [-0.25, -0.2) is 0 Å². The van der Waals surface area contributed by atoms with Crippen molar-refractivity contribution in [1.29, 1.82) is 0 Å². The van der Waals surface area contributed by atoms with E-state index in [0.29, 0.717) is 12.6 Å². The number of unbranched alkanes of at least 4 members (excludes halogenated alkanes) is 1. The second kappa shape index (κ2) is 8.09. The molecule has 1 aromatic carbocycles. The fourth-order valence-electron chi connectivity index (χ4n) is 1.73. The molecule has 0 heterocycles. The van der Waals surface area contributed by atoms with E-state index in [-0.39, 0.29) is 0 Å². The monoisotopic (exact) mass is 236 g/mol. The first-order valence-corrected chi connectivity index (χ1v) is 6.44. The van der Waals surface area contributed by atoms with Crippen molar-refractivity contribution in [2.75, 3.05) is 19.7 Å². The molecular weight excluding hydrogens is 212 g/mol. The molecule has 96 valence electrons. The van der Waals surface area contributed by atoms with Gasteiger partial charge in [-0.05, 0) is 57.5 Å². The van der Waals surface area contributed by atoms with Crippen LogP contribution in [-0.2, 0) is 0 Å². The molecule has 0 radical (unpaired) electrons. The fraction of sp³-hybridized carbons (Fsp3) is 0.571. The number of nitrogens with one attached hydrogen (secondary N) is 1. The van der Waals surface area contributed by atoms with Crippen LogP contribution in [-0.4, -0.2) is 19.7 Å². The maximum absolute atomic E-state index is 5.46. The second-order valence-electron chi connectivity index (χ2n) is 4.17. The van der Waals surface area contributed by atoms with Gasteiger partial charge in [-0.1, -0.05) is 12.1 Å². The average molecular weight is 236 g/mol. The van der Waals surface area contributed by atoms with E-state index in [1.807, 2.05) is 19.1 Å². The van der Waals surface area contributed by atoms with Crippen molar-refractivity contribution >= 4 is 0 Å². The SMILES string of the molecule is CCOc1ccc(C(C)NCCCCN)cc1. The van der Waals surface area contributed by atoms with E-state index in [0.717, 1.165) is 31.7 Å². The molecule has 0 aromatic heterocycles. The summed E-state index contributed by atoms with van der Waals surface area (Å²) >= 11 is 0. The summed E-state index contributed by atoms with van der Waals surface area (Å²) < 4.78 is 5.42. The highest BCUT2D eigenvalue weighted by Gasteiger charge is 2.04. The number of hydrogen-bond donors (Lipinski definition) is 2. The number of rotatable bonds is 8. The van der Waals surface area contributed by atoms with Crippen molar-refractivity contribution in [1.82, 2.24) is 5.32 Å². The van der Waals surface area contributed by atoms with Gasteiger partial charge in [-0.3, -0.25) is 0 Å². The fourth-order valence-corrected chi connectivity index (χ4v) is 1.73. The first-order valence-electron chi connectivity index (χ1n) is 6.44. The van der Waals surface area contributed by atoms with E-state index in [1.165, 1.54) is 5.56 Å². The molecule has 0 spiro atoms. The Labute approximate surface area is 104 Å². The van der Waals surface area contributed by atoms with Crippen LogP contribution >= 0.6 is 0 Å². The molecule has 3 N–H and O–H groups in total. The van der Waals surface area contributed by atoms with Crippen LogP contribution in [0.15, 0.2) is 24.3 Å². The molecule has 0 amide bonds. The molecule has 1 atom stereocenters. The van der Waals surface area contributed by atoms with Gasteiger partial charge < -0.3 is 15.8 Å². The molecule has 17 heavy (non-hydrogen) atoms. The Morgan fingerprint density at radius 2 is 1.94 bits per heavy atom. The van der Waals surface area contributed by atoms with Gasteiger partial charge in [0.2, 0.25) is 0 Å². The van der Waals surface area contributed by atoms with Gasteiger partial charge in [0, 0.05) is 6.04 Å². The molecule has 1 aromatic rings. The zero-order chi connectivity index (χ0) is 12.5. The zero-order valence-electron chi connectivity index (χ0n) is 10.9. The summed E-state index contributed by atoms with van der Waals surface area (Å²) in [7, 11) is 0. The first kappa shape index (κ1) is 14.0. The van der Waals surface area contributed by atoms with Gasteiger partial charge >= 0.3 is 0 Å². The van der Waals surface area contributed by atoms with Gasteiger partial charge in [0.05, 0.1) is 6.61 Å². The van der Waals surface area contributed by atoms with Crippen LogP contribution in [0.5, 0.6) is 5.75 Å². The van der Waals surface area contributed by atoms with Crippen molar-refractivity contribution < 1.29 is 4.74 Å². The maximum atomic E-state index is 5.46. The van der Waals surface area contributed by atoms with E-state index < -0.39 is 0 Å². The number of nitrogens with two attached hydrogens (primary N) is 1. The third-order valence-corrected chi connectivity index (χ3v) is 2.77. The predicted octanol–water partition coefficient (Wildman–Crippen LogP) is 2.47. The number of ether oxygens (including phenoxy) is 1. The Balaban J connectivity index is 2.37. The summed E-state index contributed by atoms with van der Waals surface area (Å²) in [5.41, 5.74) is 6.75. The molecule has 0 aliphatic carbocycles. The lowest BCUT2D eigenvalue weighted by Gasteiger charge is -2.14. The van der Waals surface area contributed by atoms with Gasteiger partial charge in [0.15, 0.2) is 0 Å². The standard InChI is InChI=1S/C14H24N2O/c1-3-17-14-8-6-13(7-9-14)12(2)16-11-5-4-10-15/h6-9,12,16H,3-5,10-11,15H2,1-2H3. The van der Waals surface area contributed by atoms with E-state index in [9.17, 15) is 0 Å². The lowest BCUT2D eigenvalue weighted by molar-refractivity contribution is 0.340. The van der Waals surface area contributed by atoms with Crippen molar-refractivity contribution in [3.05, 3.63) is 29.8 Å². The highest BCUT2D eigenvalue weighted by Crippen LogP contribution is 2.17. The van der Waals surface area contributed by atoms with Crippen LogP contribution in [0.2, 0.25) is 0 Å². The van der Waals surface area contributed by atoms with E-state index in [2.05, 4.69) is 24.4 Å². The highest BCUT2D eigenvalue weighted by molar-refractivity contribution is 5.28. The van der Waals surface area contributed by atoms with Crippen molar-refractivity contribution in [3.63, 3.8) is 0 Å². The minimum atomic E-state index is 0.378. The van der Waals surface area contributed by atoms with Gasteiger partial charge in [0.25, 0.3) is 0 Å². The van der Waals surface area contributed by atoms with E-state index in [4.69, 9.17) is 10.5 Å². The quantitative estimate of drug-likeness (QED) is 0.682. The third kappa shape index (κ3) is 5.20. The summed E-state index contributed by atoms with van der Waals surface area (Å²) in [4.78, 5) is 0. The van der Waals surface area contributed by atoms with E-state index in [1.54, 1.807) is 0 Å². The van der Waals surface area contributed by atoms with Crippen LogP contribution in [0.3, 0.4) is 0 Å². The smallest absolute Gasteiger partial charge is 0.119 e. The molecule has 0 saturated heterocycles. The molecule has 0 aliphatic heterocycles. The molecule has 1 unspecified atom stereocenters. The maximum Gasteiger partial charge on any atom is 0.119 e. The van der Waals surface area contributed by atoms with Crippen molar-refractivity contribution in [3.8, 4) is 5.75 Å². The van der Waals surface area contributed by atoms with Crippen LogP contribution in [0.1, 0.15) is 38.3 Å². The summed E-state index contributed by atoms with van der Waals surface area (Å²) in [5, 5.41) is 3.49. The topological polar surface area (TPSA) is 47.3 Å². The second-order valence-corrected chi connectivity index (χ2v) is 4.17. The molecule has 1 rings (SSSR count). The summed E-state index contributed by atoms with van der Waals surface area (Å²) in [5.74, 6) is 0.937. The summed E-state index contributed by atoms with van der Waals surface area (Å²) in [6.45, 7) is 6.69. The first-order chi connectivity index (χ1) is 8.27. The molecule has 3 heteroatoms. The Hall–Kier alpha value is -1.06. The van der Waals surface area contributed by atoms with Gasteiger partial charge in [-0.2, -0.15) is 0 Å². The lowest BCUT2D eigenvalue weighted by Crippen LogP contribution is -2.20. The third-order valence-electron chi connectivity index (χ3n) is 2.77. The Kier molecular flexibility index (Phi) is 6.67. The largest absolute Gasteiger partial charge is 0.494 e. The molecule has 0 bridgehead atoms. The van der Waals surface area contributed by atoms with Crippen LogP contribution in [0, 0.1) is 0 Å². The molecule has 3 nitrogen and oxygen atoms in total. The normalized spacial score (nSPS) is 12.4. The highest BCUT2D eigenvalue weighted by atomic mass is 16.5. The average Bonchev–Trinajstić information content (AvgIpc) is 2.36. The van der Waals surface area contributed by atoms with Crippen LogP contribution in [0.25, 0.3) is 0 Å². The molecule has 0 saturated carbocycles. The Morgan fingerprint density at radius 3 is 2.53 bits per heavy atom. The Morgan fingerprint density at radius 1 is 1.24 bits per heavy atom. The number of hydrogen-bond acceptors (Lipinski definition) is 3. The van der Waals surface area contributed by atoms with Gasteiger partial charge in [-0.15, -0.1) is 0 Å². The number of benzene rings is 1. The van der Waals surface area contributed by atoms with Crippen LogP contribution in [0.4, 0.5) is 0 Å². The van der Waals surface area contributed by atoms with Crippen LogP contribution < -0.4 is 15.8 Å². The summed E-state index contributed by atoms with van der Waals surface area (Å²) in [6.07, 6.45) is 2.22. The minimum absolute atomic E-state index is 0.378. The van der Waals surface area contributed by atoms with Crippen molar-refractivity contribution in [2.45, 2.75) is 32.7 Å². The van der Waals surface area contributed by atoms with Gasteiger partial charge in [0.1, 0.15) is 5.75 Å². The zero-order valence-corrected chi connectivity index (χ0v) is 10.9. The predicted molar refractivity (Wildman–Crippen MR) is 72.3 cm³/mol. The van der Waals surface area contributed by atoms with E-state index >= 15 is 0 Å². The molecule has 0 aliphatic rings. The van der Waals surface area contributed by atoms with Crippen molar-refractivity contribution in [2.24, 2.45) is 5.73 Å².